The Kier molecular flexibility index (Phi) is 5.32. The van der Waals surface area contributed by atoms with Gasteiger partial charge in [0.05, 0.1) is 16.1 Å². The van der Waals surface area contributed by atoms with E-state index >= 15 is 0 Å². The van der Waals surface area contributed by atoms with Gasteiger partial charge in [-0.05, 0) is 42.5 Å². The van der Waals surface area contributed by atoms with Crippen LogP contribution >= 0.6 is 23.2 Å². The third kappa shape index (κ3) is 4.00. The molecular formula is C23H18Cl2N6. The van der Waals surface area contributed by atoms with Crippen molar-refractivity contribution in [2.75, 3.05) is 23.7 Å². The summed E-state index contributed by atoms with van der Waals surface area (Å²) < 4.78 is 0. The summed E-state index contributed by atoms with van der Waals surface area (Å²) in [5, 5.41) is 17.3. The first-order valence-corrected chi connectivity index (χ1v) is 10.6. The predicted octanol–water partition coefficient (Wildman–Crippen LogP) is 6.00. The minimum atomic E-state index is 0.515. The molecule has 2 heterocycles. The van der Waals surface area contributed by atoms with E-state index < -0.39 is 0 Å². The van der Waals surface area contributed by atoms with Gasteiger partial charge < -0.3 is 10.6 Å². The molecule has 2 aromatic heterocycles. The van der Waals surface area contributed by atoms with E-state index in [1.165, 1.54) is 0 Å². The number of aromatic amines is 1. The molecule has 5 aromatic rings. The summed E-state index contributed by atoms with van der Waals surface area (Å²) in [6.07, 6.45) is 0. The lowest BCUT2D eigenvalue weighted by molar-refractivity contribution is 1.03. The van der Waals surface area contributed by atoms with Crippen molar-refractivity contribution >= 4 is 56.6 Å². The van der Waals surface area contributed by atoms with Gasteiger partial charge in [0, 0.05) is 34.4 Å². The third-order valence-corrected chi connectivity index (χ3v) is 5.50. The molecule has 31 heavy (non-hydrogen) atoms. The molecule has 0 aliphatic rings. The number of rotatable bonds is 6. The summed E-state index contributed by atoms with van der Waals surface area (Å²) in [5.41, 5.74) is 2.58. The minimum absolute atomic E-state index is 0.515. The topological polar surface area (TPSA) is 78.5 Å². The maximum atomic E-state index is 6.39. The van der Waals surface area contributed by atoms with Crippen molar-refractivity contribution in [3.63, 3.8) is 0 Å². The number of hydrogen-bond acceptors (Lipinski definition) is 5. The molecule has 0 amide bonds. The second-order valence-electron chi connectivity index (χ2n) is 7.01. The zero-order valence-corrected chi connectivity index (χ0v) is 17.9. The molecule has 3 N–H and O–H groups in total. The molecule has 5 rings (SSSR count). The van der Waals surface area contributed by atoms with Gasteiger partial charge in [-0.2, -0.15) is 5.10 Å². The van der Waals surface area contributed by atoms with Crippen molar-refractivity contribution in [2.24, 2.45) is 0 Å². The molecule has 3 aromatic carbocycles. The molecule has 0 atom stereocenters. The van der Waals surface area contributed by atoms with E-state index in [0.717, 1.165) is 39.0 Å². The monoisotopic (exact) mass is 448 g/mol. The SMILES string of the molecule is Clc1ccc(-c2nc(NCCNc3n[nH]c4ccccc34)c3ccccc3n2)c(Cl)c1. The number of H-pyrrole nitrogens is 1. The molecule has 8 heteroatoms. The number of hydrogen-bond donors (Lipinski definition) is 3. The van der Waals surface area contributed by atoms with Gasteiger partial charge in [0.1, 0.15) is 5.82 Å². The third-order valence-electron chi connectivity index (χ3n) is 4.96. The Balaban J connectivity index is 1.38. The van der Waals surface area contributed by atoms with Crippen molar-refractivity contribution in [3.8, 4) is 11.4 Å². The highest BCUT2D eigenvalue weighted by Gasteiger charge is 2.12. The van der Waals surface area contributed by atoms with E-state index in [-0.39, 0.29) is 0 Å². The molecule has 0 unspecified atom stereocenters. The summed E-state index contributed by atoms with van der Waals surface area (Å²) in [5.74, 6) is 2.13. The highest BCUT2D eigenvalue weighted by Crippen LogP contribution is 2.31. The summed E-state index contributed by atoms with van der Waals surface area (Å²) >= 11 is 12.4. The molecule has 0 spiro atoms. The predicted molar refractivity (Wildman–Crippen MR) is 128 cm³/mol. The van der Waals surface area contributed by atoms with Gasteiger partial charge in [-0.15, -0.1) is 0 Å². The number of anilines is 2. The normalized spacial score (nSPS) is 11.2. The fraction of sp³-hybridized carbons (Fsp3) is 0.0870. The second-order valence-corrected chi connectivity index (χ2v) is 7.85. The Hall–Kier alpha value is -3.35. The van der Waals surface area contributed by atoms with Crippen LogP contribution in [0.25, 0.3) is 33.2 Å². The van der Waals surface area contributed by atoms with E-state index in [4.69, 9.17) is 33.2 Å². The molecule has 6 nitrogen and oxygen atoms in total. The van der Waals surface area contributed by atoms with Crippen LogP contribution in [0, 0.1) is 0 Å². The zero-order valence-electron chi connectivity index (χ0n) is 16.4. The van der Waals surface area contributed by atoms with Crippen molar-refractivity contribution in [1.82, 2.24) is 20.2 Å². The van der Waals surface area contributed by atoms with Crippen LogP contribution in [0.3, 0.4) is 0 Å². The highest BCUT2D eigenvalue weighted by atomic mass is 35.5. The largest absolute Gasteiger partial charge is 0.368 e. The minimum Gasteiger partial charge on any atom is -0.368 e. The van der Waals surface area contributed by atoms with Crippen LogP contribution in [0.15, 0.2) is 66.7 Å². The molecule has 0 aliphatic heterocycles. The van der Waals surface area contributed by atoms with Crippen LogP contribution in [0.2, 0.25) is 10.0 Å². The average Bonchev–Trinajstić information content (AvgIpc) is 3.19. The van der Waals surface area contributed by atoms with Crippen molar-refractivity contribution in [3.05, 3.63) is 76.8 Å². The first kappa shape index (κ1) is 19.6. The Morgan fingerprint density at radius 3 is 2.35 bits per heavy atom. The first-order chi connectivity index (χ1) is 15.2. The molecule has 0 radical (unpaired) electrons. The molecule has 0 saturated carbocycles. The Morgan fingerprint density at radius 1 is 0.774 bits per heavy atom. The molecule has 0 bridgehead atoms. The molecular weight excluding hydrogens is 431 g/mol. The van der Waals surface area contributed by atoms with Gasteiger partial charge in [-0.1, -0.05) is 47.5 Å². The zero-order chi connectivity index (χ0) is 21.2. The lowest BCUT2D eigenvalue weighted by Gasteiger charge is -2.12. The summed E-state index contributed by atoms with van der Waals surface area (Å²) in [6, 6.07) is 21.2. The average molecular weight is 449 g/mol. The van der Waals surface area contributed by atoms with Gasteiger partial charge in [0.2, 0.25) is 0 Å². The number of fused-ring (bicyclic) bond motifs is 2. The second kappa shape index (κ2) is 8.41. The standard InChI is InChI=1S/C23H18Cl2N6/c24-14-9-10-15(18(25)13-14)23-28-19-7-3-1-5-16(19)21(29-23)26-11-12-27-22-17-6-2-4-8-20(17)30-31-22/h1-10,13H,11-12H2,(H,26,28,29)(H2,27,30,31). The number of benzene rings is 3. The van der Waals surface area contributed by atoms with E-state index in [9.17, 15) is 0 Å². The fourth-order valence-electron chi connectivity index (χ4n) is 3.46. The van der Waals surface area contributed by atoms with Crippen LogP contribution in [0.5, 0.6) is 0 Å². The van der Waals surface area contributed by atoms with Crippen LogP contribution in [-0.4, -0.2) is 33.3 Å². The van der Waals surface area contributed by atoms with Crippen LogP contribution < -0.4 is 10.6 Å². The van der Waals surface area contributed by atoms with Crippen LogP contribution in [-0.2, 0) is 0 Å². The number of aromatic nitrogens is 4. The van der Waals surface area contributed by atoms with Crippen molar-refractivity contribution in [2.45, 2.75) is 0 Å². The summed E-state index contributed by atoms with van der Waals surface area (Å²) in [7, 11) is 0. The van der Waals surface area contributed by atoms with Crippen molar-refractivity contribution in [1.29, 1.82) is 0 Å². The first-order valence-electron chi connectivity index (χ1n) is 9.82. The summed E-state index contributed by atoms with van der Waals surface area (Å²) in [4.78, 5) is 9.44. The van der Waals surface area contributed by atoms with Crippen LogP contribution in [0.1, 0.15) is 0 Å². The van der Waals surface area contributed by atoms with Gasteiger partial charge in [0.15, 0.2) is 11.6 Å². The Labute approximate surface area is 188 Å². The van der Waals surface area contributed by atoms with E-state index in [2.05, 4.69) is 20.8 Å². The van der Waals surface area contributed by atoms with Crippen LogP contribution in [0.4, 0.5) is 11.6 Å². The molecule has 0 fully saturated rings. The summed E-state index contributed by atoms with van der Waals surface area (Å²) in [6.45, 7) is 1.32. The molecule has 0 saturated heterocycles. The van der Waals surface area contributed by atoms with Gasteiger partial charge in [-0.3, -0.25) is 5.10 Å². The maximum absolute atomic E-state index is 6.39. The molecule has 0 aliphatic carbocycles. The number of nitrogens with zero attached hydrogens (tertiary/aromatic N) is 3. The Morgan fingerprint density at radius 2 is 1.52 bits per heavy atom. The van der Waals surface area contributed by atoms with Gasteiger partial charge >= 0.3 is 0 Å². The highest BCUT2D eigenvalue weighted by molar-refractivity contribution is 6.36. The van der Waals surface area contributed by atoms with Gasteiger partial charge in [0.25, 0.3) is 0 Å². The fourth-order valence-corrected chi connectivity index (χ4v) is 3.96. The number of halogens is 2. The Bertz CT molecular complexity index is 1380. The molecule has 154 valence electrons. The van der Waals surface area contributed by atoms with Gasteiger partial charge in [-0.25, -0.2) is 9.97 Å². The lowest BCUT2D eigenvalue weighted by atomic mass is 10.2. The smallest absolute Gasteiger partial charge is 0.163 e. The number of para-hydroxylation sites is 2. The lowest BCUT2D eigenvalue weighted by Crippen LogP contribution is -2.15. The van der Waals surface area contributed by atoms with E-state index in [1.54, 1.807) is 12.1 Å². The maximum Gasteiger partial charge on any atom is 0.163 e. The van der Waals surface area contributed by atoms with E-state index in [1.807, 2.05) is 54.6 Å². The van der Waals surface area contributed by atoms with E-state index in [0.29, 0.717) is 29.0 Å². The van der Waals surface area contributed by atoms with Crippen molar-refractivity contribution < 1.29 is 0 Å². The quantitative estimate of drug-likeness (QED) is 0.277. The number of nitrogens with one attached hydrogen (secondary N) is 3.